The van der Waals surface area contributed by atoms with Crippen molar-refractivity contribution in [2.24, 2.45) is 0 Å². The van der Waals surface area contributed by atoms with Crippen molar-refractivity contribution in [1.29, 1.82) is 0 Å². The molecule has 1 amide bonds. The van der Waals surface area contributed by atoms with Crippen LogP contribution in [0.4, 0.5) is 11.6 Å². The van der Waals surface area contributed by atoms with E-state index in [1.54, 1.807) is 36.4 Å². The average Bonchev–Trinajstić information content (AvgIpc) is 3.70. The summed E-state index contributed by atoms with van der Waals surface area (Å²) in [6, 6.07) is 11.5. The van der Waals surface area contributed by atoms with Gasteiger partial charge in [0.15, 0.2) is 17.1 Å². The Morgan fingerprint density at radius 2 is 1.87 bits per heavy atom. The standard InChI is InChI=1S/C25H27N9O4/c1-36-13-14-37-18-6-4-17(5-7-18)31-8-10-32(11-9-31)21(35)16-33-23-19(15-27-33)24-28-22(20-3-2-12-38-20)30-34(24)25(26)29-23/h2-7,12,15H,8-11,13-14,16H2,1H3,(H2,26,29). The second kappa shape index (κ2) is 10.0. The largest absolute Gasteiger partial charge is 0.491 e. The third kappa shape index (κ3) is 4.47. The molecule has 0 radical (unpaired) electrons. The molecule has 0 aliphatic carbocycles. The molecule has 13 heteroatoms. The molecule has 0 atom stereocenters. The van der Waals surface area contributed by atoms with Gasteiger partial charge in [-0.1, -0.05) is 0 Å². The van der Waals surface area contributed by atoms with Crippen LogP contribution in [0.25, 0.3) is 28.3 Å². The summed E-state index contributed by atoms with van der Waals surface area (Å²) < 4.78 is 19.1. The van der Waals surface area contributed by atoms with Crippen molar-refractivity contribution in [3.05, 3.63) is 48.9 Å². The number of aromatic nitrogens is 6. The van der Waals surface area contributed by atoms with E-state index >= 15 is 0 Å². The van der Waals surface area contributed by atoms with Gasteiger partial charge in [-0.3, -0.25) is 4.79 Å². The number of nitrogens with zero attached hydrogens (tertiary/aromatic N) is 8. The van der Waals surface area contributed by atoms with E-state index in [1.165, 1.54) is 4.52 Å². The summed E-state index contributed by atoms with van der Waals surface area (Å²) in [4.78, 5) is 26.3. The molecule has 0 spiro atoms. The van der Waals surface area contributed by atoms with Crippen LogP contribution in [0, 0.1) is 0 Å². The van der Waals surface area contributed by atoms with E-state index in [4.69, 9.17) is 19.6 Å². The molecule has 1 aliphatic rings. The van der Waals surface area contributed by atoms with Gasteiger partial charge in [0.2, 0.25) is 17.7 Å². The molecular weight excluding hydrogens is 490 g/mol. The molecule has 1 aromatic carbocycles. The van der Waals surface area contributed by atoms with Crippen molar-refractivity contribution in [2.75, 3.05) is 57.1 Å². The van der Waals surface area contributed by atoms with Crippen molar-refractivity contribution in [3.63, 3.8) is 0 Å². The van der Waals surface area contributed by atoms with Crippen LogP contribution in [-0.4, -0.2) is 86.7 Å². The first-order chi connectivity index (χ1) is 18.6. The Kier molecular flexibility index (Phi) is 6.25. The van der Waals surface area contributed by atoms with Crippen molar-refractivity contribution >= 4 is 34.2 Å². The lowest BCUT2D eigenvalue weighted by molar-refractivity contribution is -0.132. The van der Waals surface area contributed by atoms with Gasteiger partial charge in [-0.15, -0.1) is 5.10 Å². The number of hydrogen-bond donors (Lipinski definition) is 1. The summed E-state index contributed by atoms with van der Waals surface area (Å²) in [5.41, 5.74) is 8.24. The first kappa shape index (κ1) is 23.7. The third-order valence-electron chi connectivity index (χ3n) is 6.51. The molecule has 0 saturated carbocycles. The van der Waals surface area contributed by atoms with E-state index in [1.807, 2.05) is 29.2 Å². The van der Waals surface area contributed by atoms with Gasteiger partial charge in [0.25, 0.3) is 0 Å². The van der Waals surface area contributed by atoms with Crippen molar-refractivity contribution in [2.45, 2.75) is 6.54 Å². The molecule has 1 saturated heterocycles. The van der Waals surface area contributed by atoms with Gasteiger partial charge in [0.1, 0.15) is 18.9 Å². The SMILES string of the molecule is COCCOc1ccc(N2CCN(C(=O)Cn3ncc4c3nc(N)n3nc(-c5ccco5)nc43)CC2)cc1. The number of fused-ring (bicyclic) bond motifs is 3. The van der Waals surface area contributed by atoms with Crippen LogP contribution in [0.2, 0.25) is 0 Å². The summed E-state index contributed by atoms with van der Waals surface area (Å²) >= 11 is 0. The predicted molar refractivity (Wildman–Crippen MR) is 139 cm³/mol. The fourth-order valence-corrected chi connectivity index (χ4v) is 4.52. The number of rotatable bonds is 8. The van der Waals surface area contributed by atoms with Crippen LogP contribution >= 0.6 is 0 Å². The number of benzene rings is 1. The lowest BCUT2D eigenvalue weighted by atomic mass is 10.2. The number of ether oxygens (including phenoxy) is 2. The molecule has 13 nitrogen and oxygen atoms in total. The second-order valence-electron chi connectivity index (χ2n) is 8.86. The van der Waals surface area contributed by atoms with Crippen LogP contribution in [0.5, 0.6) is 5.75 Å². The lowest BCUT2D eigenvalue weighted by Crippen LogP contribution is -2.49. The van der Waals surface area contributed by atoms with E-state index in [2.05, 4.69) is 25.1 Å². The first-order valence-electron chi connectivity index (χ1n) is 12.3. The zero-order valence-electron chi connectivity index (χ0n) is 20.9. The first-order valence-corrected chi connectivity index (χ1v) is 12.3. The highest BCUT2D eigenvalue weighted by Gasteiger charge is 2.24. The Hall–Kier alpha value is -4.65. The smallest absolute Gasteiger partial charge is 0.244 e. The third-order valence-corrected chi connectivity index (χ3v) is 6.51. The van der Waals surface area contributed by atoms with E-state index < -0.39 is 0 Å². The fourth-order valence-electron chi connectivity index (χ4n) is 4.52. The predicted octanol–water partition coefficient (Wildman–Crippen LogP) is 1.69. The minimum absolute atomic E-state index is 0.0328. The zero-order valence-corrected chi connectivity index (χ0v) is 20.9. The second-order valence-corrected chi connectivity index (χ2v) is 8.86. The lowest BCUT2D eigenvalue weighted by Gasteiger charge is -2.36. The molecule has 5 heterocycles. The Morgan fingerprint density at radius 1 is 1.05 bits per heavy atom. The van der Waals surface area contributed by atoms with Gasteiger partial charge in [-0.25, -0.2) is 9.67 Å². The maximum absolute atomic E-state index is 13.1. The fraction of sp³-hybridized carbons (Fsp3) is 0.320. The number of anilines is 2. The normalized spacial score (nSPS) is 14.0. The van der Waals surface area contributed by atoms with Gasteiger partial charge in [0.05, 0.1) is 24.5 Å². The van der Waals surface area contributed by atoms with E-state index in [9.17, 15) is 4.79 Å². The Balaban J connectivity index is 1.12. The van der Waals surface area contributed by atoms with Gasteiger partial charge >= 0.3 is 0 Å². The number of hydrogen-bond acceptors (Lipinski definition) is 10. The van der Waals surface area contributed by atoms with Crippen LogP contribution < -0.4 is 15.4 Å². The molecule has 196 valence electrons. The molecule has 6 rings (SSSR count). The quantitative estimate of drug-likeness (QED) is 0.302. The summed E-state index contributed by atoms with van der Waals surface area (Å²) in [6.45, 7) is 3.81. The van der Waals surface area contributed by atoms with E-state index in [-0.39, 0.29) is 18.4 Å². The highest BCUT2D eigenvalue weighted by Crippen LogP contribution is 2.24. The zero-order chi connectivity index (χ0) is 26.1. The number of nitrogen functional groups attached to an aromatic ring is 1. The van der Waals surface area contributed by atoms with Crippen LogP contribution in [0.1, 0.15) is 0 Å². The number of furan rings is 1. The Morgan fingerprint density at radius 3 is 2.61 bits per heavy atom. The number of piperazine rings is 1. The Labute approximate surface area is 217 Å². The van der Waals surface area contributed by atoms with Crippen LogP contribution in [-0.2, 0) is 16.1 Å². The minimum atomic E-state index is -0.0328. The van der Waals surface area contributed by atoms with Gasteiger partial charge in [-0.05, 0) is 36.4 Å². The number of amides is 1. The van der Waals surface area contributed by atoms with Crippen molar-refractivity contribution < 1.29 is 18.7 Å². The molecular formula is C25H27N9O4. The van der Waals surface area contributed by atoms with Crippen LogP contribution in [0.3, 0.4) is 0 Å². The Bertz CT molecular complexity index is 1550. The van der Waals surface area contributed by atoms with Crippen LogP contribution in [0.15, 0.2) is 53.3 Å². The summed E-state index contributed by atoms with van der Waals surface area (Å²) in [6.07, 6.45) is 3.18. The number of carbonyl (C=O) groups excluding carboxylic acids is 1. The summed E-state index contributed by atoms with van der Waals surface area (Å²) in [5, 5.41) is 9.45. The average molecular weight is 518 g/mol. The molecule has 2 N–H and O–H groups in total. The highest BCUT2D eigenvalue weighted by atomic mass is 16.5. The monoisotopic (exact) mass is 517 g/mol. The molecule has 4 aromatic heterocycles. The number of nitrogens with two attached hydrogens (primary N) is 1. The van der Waals surface area contributed by atoms with E-state index in [0.717, 1.165) is 24.5 Å². The topological polar surface area (TPSA) is 142 Å². The van der Waals surface area contributed by atoms with Gasteiger partial charge < -0.3 is 29.4 Å². The maximum atomic E-state index is 13.1. The molecule has 38 heavy (non-hydrogen) atoms. The molecule has 0 bridgehead atoms. The molecule has 5 aromatic rings. The van der Waals surface area contributed by atoms with Crippen molar-refractivity contribution in [1.82, 2.24) is 34.3 Å². The number of methoxy groups -OCH3 is 1. The van der Waals surface area contributed by atoms with Gasteiger partial charge in [0, 0.05) is 39.0 Å². The number of carbonyl (C=O) groups is 1. The highest BCUT2D eigenvalue weighted by molar-refractivity contribution is 5.91. The maximum Gasteiger partial charge on any atom is 0.244 e. The summed E-state index contributed by atoms with van der Waals surface area (Å²) in [7, 11) is 1.65. The van der Waals surface area contributed by atoms with E-state index in [0.29, 0.717) is 54.6 Å². The van der Waals surface area contributed by atoms with Gasteiger partial charge in [-0.2, -0.15) is 14.6 Å². The summed E-state index contributed by atoms with van der Waals surface area (Å²) in [5.74, 6) is 1.84. The van der Waals surface area contributed by atoms with Crippen molar-refractivity contribution in [3.8, 4) is 17.3 Å². The molecule has 1 fully saturated rings. The minimum Gasteiger partial charge on any atom is -0.491 e. The molecule has 1 aliphatic heterocycles. The molecule has 0 unspecified atom stereocenters.